The van der Waals surface area contributed by atoms with Crippen LogP contribution in [-0.2, 0) is 18.4 Å². The van der Waals surface area contributed by atoms with E-state index in [9.17, 15) is 19.4 Å². The molecule has 0 aromatic carbocycles. The monoisotopic (exact) mass is 760 g/mol. The lowest BCUT2D eigenvalue weighted by molar-refractivity contribution is -0.870. The van der Waals surface area contributed by atoms with E-state index >= 15 is 0 Å². The number of aliphatic hydroxyl groups excluding tert-OH is 1. The highest BCUT2D eigenvalue weighted by molar-refractivity contribution is 7.47. The van der Waals surface area contributed by atoms with Crippen LogP contribution in [-0.4, -0.2) is 73.4 Å². The molecule has 3 N–H and O–H groups in total. The summed E-state index contributed by atoms with van der Waals surface area (Å²) in [4.78, 5) is 23.1. The quantitative estimate of drug-likeness (QED) is 0.0249. The van der Waals surface area contributed by atoms with E-state index < -0.39 is 20.0 Å². The second-order valence-corrected chi connectivity index (χ2v) is 17.9. The van der Waals surface area contributed by atoms with Gasteiger partial charge in [0.05, 0.1) is 39.9 Å². The van der Waals surface area contributed by atoms with E-state index in [4.69, 9.17) is 9.05 Å². The highest BCUT2D eigenvalue weighted by atomic mass is 31.2. The van der Waals surface area contributed by atoms with Crippen molar-refractivity contribution in [2.24, 2.45) is 0 Å². The van der Waals surface area contributed by atoms with Crippen LogP contribution in [0, 0.1) is 0 Å². The van der Waals surface area contributed by atoms with Crippen LogP contribution in [0.15, 0.2) is 12.2 Å². The van der Waals surface area contributed by atoms with Crippen molar-refractivity contribution in [3.63, 3.8) is 0 Å². The van der Waals surface area contributed by atoms with Gasteiger partial charge in [-0.05, 0) is 19.3 Å². The number of likely N-dealkylation sites (N-methyl/N-ethyl adjacent to an activating group) is 1. The molecule has 0 heterocycles. The molecule has 0 aliphatic heterocycles. The van der Waals surface area contributed by atoms with Gasteiger partial charge < -0.3 is 19.8 Å². The number of allylic oxidation sites excluding steroid dienone is 1. The number of hydrogen-bond donors (Lipinski definition) is 3. The number of aliphatic hydroxyl groups is 1. The van der Waals surface area contributed by atoms with Crippen molar-refractivity contribution in [3.8, 4) is 0 Å². The Labute approximate surface area is 322 Å². The first-order valence-electron chi connectivity index (χ1n) is 22.1. The van der Waals surface area contributed by atoms with Crippen molar-refractivity contribution >= 4 is 13.7 Å². The maximum Gasteiger partial charge on any atom is 0.472 e. The molecule has 0 aromatic rings. The van der Waals surface area contributed by atoms with Gasteiger partial charge in [0.2, 0.25) is 5.91 Å². The van der Waals surface area contributed by atoms with E-state index in [0.717, 1.165) is 38.5 Å². The molecule has 0 radical (unpaired) electrons. The minimum Gasteiger partial charge on any atom is -0.387 e. The Hall–Kier alpha value is -0.760. The number of hydrogen-bond acceptors (Lipinski definition) is 5. The van der Waals surface area contributed by atoms with E-state index in [2.05, 4.69) is 19.2 Å². The number of quaternary nitrogens is 1. The van der Waals surface area contributed by atoms with E-state index in [-0.39, 0.29) is 19.1 Å². The van der Waals surface area contributed by atoms with Gasteiger partial charge in [0.1, 0.15) is 13.2 Å². The molecular formula is C43H88N2O6P+. The molecule has 1 unspecified atom stereocenters. The third-order valence-electron chi connectivity index (χ3n) is 10.0. The molecule has 0 aromatic heterocycles. The molecule has 0 saturated heterocycles. The molecule has 8 nitrogen and oxygen atoms in total. The van der Waals surface area contributed by atoms with Crippen molar-refractivity contribution in [3.05, 3.63) is 12.2 Å². The zero-order valence-electron chi connectivity index (χ0n) is 35.1. The second-order valence-electron chi connectivity index (χ2n) is 16.4. The molecule has 3 atom stereocenters. The predicted octanol–water partition coefficient (Wildman–Crippen LogP) is 12.0. The van der Waals surface area contributed by atoms with Crippen LogP contribution in [0.5, 0.6) is 0 Å². The summed E-state index contributed by atoms with van der Waals surface area (Å²) < 4.78 is 23.5. The molecule has 0 bridgehead atoms. The number of rotatable bonds is 40. The smallest absolute Gasteiger partial charge is 0.387 e. The summed E-state index contributed by atoms with van der Waals surface area (Å²) in [5, 5.41) is 13.8. The van der Waals surface area contributed by atoms with Gasteiger partial charge in [-0.2, -0.15) is 0 Å². The van der Waals surface area contributed by atoms with Crippen LogP contribution in [0.25, 0.3) is 0 Å². The van der Waals surface area contributed by atoms with Crippen LogP contribution in [0.4, 0.5) is 0 Å². The average Bonchev–Trinajstić information content (AvgIpc) is 3.09. The lowest BCUT2D eigenvalue weighted by atomic mass is 10.0. The third kappa shape index (κ3) is 37.6. The third-order valence-corrected chi connectivity index (χ3v) is 11.0. The number of phosphoric ester groups is 1. The average molecular weight is 760 g/mol. The van der Waals surface area contributed by atoms with E-state index in [1.165, 1.54) is 148 Å². The second kappa shape index (κ2) is 35.9. The minimum atomic E-state index is -4.33. The fourth-order valence-electron chi connectivity index (χ4n) is 6.45. The molecule has 0 rings (SSSR count). The zero-order chi connectivity index (χ0) is 38.6. The van der Waals surface area contributed by atoms with Gasteiger partial charge in [0, 0.05) is 6.42 Å². The summed E-state index contributed by atoms with van der Waals surface area (Å²) in [6.45, 7) is 4.81. The Morgan fingerprint density at radius 3 is 1.42 bits per heavy atom. The first-order chi connectivity index (χ1) is 25.0. The van der Waals surface area contributed by atoms with Gasteiger partial charge in [-0.3, -0.25) is 13.8 Å². The summed E-state index contributed by atoms with van der Waals surface area (Å²) in [6, 6.07) is -0.838. The van der Waals surface area contributed by atoms with Crippen molar-refractivity contribution in [1.29, 1.82) is 0 Å². The Morgan fingerprint density at radius 2 is 1.02 bits per heavy atom. The first kappa shape index (κ1) is 51.2. The maximum atomic E-state index is 12.8. The highest BCUT2D eigenvalue weighted by Gasteiger charge is 2.27. The molecular weight excluding hydrogens is 671 g/mol. The Morgan fingerprint density at radius 1 is 0.635 bits per heavy atom. The summed E-state index contributed by atoms with van der Waals surface area (Å²) in [6.07, 6.45) is 39.9. The number of carbonyl (C=O) groups excluding carboxylic acids is 1. The van der Waals surface area contributed by atoms with Gasteiger partial charge in [0.25, 0.3) is 0 Å². The van der Waals surface area contributed by atoms with Gasteiger partial charge >= 0.3 is 7.82 Å². The zero-order valence-corrected chi connectivity index (χ0v) is 36.0. The van der Waals surface area contributed by atoms with Gasteiger partial charge in [-0.1, -0.05) is 193 Å². The topological polar surface area (TPSA) is 105 Å². The molecule has 1 amide bonds. The van der Waals surface area contributed by atoms with Crippen LogP contribution >= 0.6 is 7.82 Å². The number of amides is 1. The van der Waals surface area contributed by atoms with Crippen LogP contribution in [0.1, 0.15) is 206 Å². The number of nitrogens with one attached hydrogen (secondary N) is 1. The molecule has 9 heteroatoms. The normalized spacial score (nSPS) is 14.5. The Balaban J connectivity index is 4.31. The van der Waals surface area contributed by atoms with E-state index in [1.807, 2.05) is 27.2 Å². The van der Waals surface area contributed by atoms with Crippen LogP contribution in [0.3, 0.4) is 0 Å². The van der Waals surface area contributed by atoms with Crippen molar-refractivity contribution in [2.45, 2.75) is 219 Å². The van der Waals surface area contributed by atoms with E-state index in [0.29, 0.717) is 17.4 Å². The molecule has 0 saturated carbocycles. The standard InChI is InChI=1S/C43H87N2O6P/c1-6-8-10-12-14-16-18-19-20-21-22-23-24-25-27-29-31-33-35-37-43(47)44-41(40-51-52(48,49)50-39-38-45(3,4)5)42(46)36-34-32-30-28-26-17-15-13-11-9-7-2/h34,36,41-42,46H,6-33,35,37-40H2,1-5H3,(H-,44,47,48,49)/p+1/b36-34+/t41-,42+/m0/s1. The number of phosphoric acid groups is 1. The maximum absolute atomic E-state index is 12.8. The molecule has 52 heavy (non-hydrogen) atoms. The molecule has 0 spiro atoms. The van der Waals surface area contributed by atoms with Crippen LogP contribution < -0.4 is 5.32 Å². The van der Waals surface area contributed by atoms with Crippen LogP contribution in [0.2, 0.25) is 0 Å². The first-order valence-corrected chi connectivity index (χ1v) is 23.6. The largest absolute Gasteiger partial charge is 0.472 e. The summed E-state index contributed by atoms with van der Waals surface area (Å²) in [5.41, 5.74) is 0. The number of nitrogens with zero attached hydrogens (tertiary/aromatic N) is 1. The lowest BCUT2D eigenvalue weighted by Crippen LogP contribution is -2.45. The summed E-state index contributed by atoms with van der Waals surface area (Å²) in [5.74, 6) is -0.175. The number of carbonyl (C=O) groups is 1. The Kier molecular flexibility index (Phi) is 35.4. The Bertz CT molecular complexity index is 865. The molecule has 0 fully saturated rings. The van der Waals surface area contributed by atoms with Gasteiger partial charge in [-0.25, -0.2) is 4.57 Å². The van der Waals surface area contributed by atoms with Crippen molar-refractivity contribution in [2.75, 3.05) is 40.9 Å². The fourth-order valence-corrected chi connectivity index (χ4v) is 7.19. The summed E-state index contributed by atoms with van der Waals surface area (Å²) >= 11 is 0. The molecule has 310 valence electrons. The van der Waals surface area contributed by atoms with Crippen molar-refractivity contribution in [1.82, 2.24) is 5.32 Å². The minimum absolute atomic E-state index is 0.0644. The SMILES string of the molecule is CCCCCCCCCCC/C=C/[C@@H](O)[C@H](COP(=O)(O)OCC[N+](C)(C)C)NC(=O)CCCCCCCCCCCCCCCCCCCCC. The fraction of sp³-hybridized carbons (Fsp3) is 0.930. The lowest BCUT2D eigenvalue weighted by Gasteiger charge is -2.25. The molecule has 0 aliphatic carbocycles. The van der Waals surface area contributed by atoms with Crippen molar-refractivity contribution < 1.29 is 32.9 Å². The highest BCUT2D eigenvalue weighted by Crippen LogP contribution is 2.43. The summed E-state index contributed by atoms with van der Waals surface area (Å²) in [7, 11) is 1.58. The van der Waals surface area contributed by atoms with E-state index in [1.54, 1.807) is 6.08 Å². The molecule has 0 aliphatic rings. The van der Waals surface area contributed by atoms with Gasteiger partial charge in [-0.15, -0.1) is 0 Å². The van der Waals surface area contributed by atoms with Gasteiger partial charge in [0.15, 0.2) is 0 Å². The number of unbranched alkanes of at least 4 members (excludes halogenated alkanes) is 27. The predicted molar refractivity (Wildman–Crippen MR) is 222 cm³/mol.